The molecule has 0 rings (SSSR count). The molecule has 59 heavy (non-hydrogen) atoms. The summed E-state index contributed by atoms with van der Waals surface area (Å²) in [7, 11) is 0. The van der Waals surface area contributed by atoms with E-state index in [0.29, 0.717) is 19.3 Å². The molecule has 0 fully saturated rings. The van der Waals surface area contributed by atoms with Gasteiger partial charge in [0.25, 0.3) is 0 Å². The van der Waals surface area contributed by atoms with Crippen molar-refractivity contribution < 1.29 is 24.5 Å². The third-order valence-corrected chi connectivity index (χ3v) is 12.3. The molecule has 0 aliphatic carbocycles. The highest BCUT2D eigenvalue weighted by molar-refractivity contribution is 5.77. The monoisotopic (exact) mass is 834 g/mol. The second kappa shape index (κ2) is 47.6. The Labute approximate surface area is 368 Å². The van der Waals surface area contributed by atoms with Crippen molar-refractivity contribution in [1.29, 1.82) is 0 Å². The molecule has 0 aromatic rings. The Hall–Kier alpha value is -1.40. The van der Waals surface area contributed by atoms with Gasteiger partial charge in [-0.1, -0.05) is 245 Å². The number of aliphatic hydroxyl groups excluding tert-OH is 2. The van der Waals surface area contributed by atoms with Crippen LogP contribution in [0.4, 0.5) is 0 Å². The van der Waals surface area contributed by atoms with Gasteiger partial charge in [-0.25, -0.2) is 0 Å². The molecule has 0 aliphatic heterocycles. The van der Waals surface area contributed by atoms with Crippen LogP contribution in [0.2, 0.25) is 0 Å². The summed E-state index contributed by atoms with van der Waals surface area (Å²) in [6.45, 7) is 6.46. The number of unbranched alkanes of at least 4 members (excludes halogenated alkanes) is 34. The smallest absolute Gasteiger partial charge is 0.306 e. The number of hydrogen-bond acceptors (Lipinski definition) is 5. The molecular weight excluding hydrogens is 731 g/mol. The predicted molar refractivity (Wildman–Crippen MR) is 255 cm³/mol. The molecule has 3 atom stereocenters. The third-order valence-electron chi connectivity index (χ3n) is 12.3. The summed E-state index contributed by atoms with van der Waals surface area (Å²) in [6, 6.07) is -0.699. The molecule has 350 valence electrons. The molecule has 0 bridgehead atoms. The van der Waals surface area contributed by atoms with Crippen LogP contribution in [0.3, 0.4) is 0 Å². The van der Waals surface area contributed by atoms with E-state index in [9.17, 15) is 19.8 Å². The standard InChI is InChI=1S/C53H103NO5/c1-4-7-10-13-16-19-21-23-24-25-26-27-28-29-31-34-37-40-43-46-53(58)59-49(44-41-38-35-32-18-15-12-9-6-3)47-52(57)54-50(48-55)51(56)45-42-39-36-33-30-22-20-17-14-11-8-5-2/h15,18,49-51,55-56H,4-14,16-17,19-48H2,1-3H3,(H,54,57)/b18-15-. The molecule has 0 saturated carbocycles. The van der Waals surface area contributed by atoms with Gasteiger partial charge in [0.05, 0.1) is 25.2 Å². The van der Waals surface area contributed by atoms with Crippen molar-refractivity contribution in [3.05, 3.63) is 12.2 Å². The quantitative estimate of drug-likeness (QED) is 0.0322. The minimum Gasteiger partial charge on any atom is -0.462 e. The SMILES string of the molecule is CCCC/C=C\CCCCCC(CC(=O)NC(CO)C(O)CCCCCCCCCCCCCC)OC(=O)CCCCCCCCCCCCCCCCCCCCC. The van der Waals surface area contributed by atoms with E-state index < -0.39 is 18.2 Å². The van der Waals surface area contributed by atoms with Gasteiger partial charge in [0.1, 0.15) is 6.10 Å². The second-order valence-corrected chi connectivity index (χ2v) is 18.3. The van der Waals surface area contributed by atoms with Crippen LogP contribution in [0.25, 0.3) is 0 Å². The number of ether oxygens (including phenoxy) is 1. The average Bonchev–Trinajstić information content (AvgIpc) is 3.23. The lowest BCUT2D eigenvalue weighted by Crippen LogP contribution is -2.46. The van der Waals surface area contributed by atoms with Crippen LogP contribution in [-0.4, -0.2) is 46.9 Å². The Morgan fingerprint density at radius 2 is 0.831 bits per heavy atom. The Bertz CT molecular complexity index is 893. The first-order valence-electron chi connectivity index (χ1n) is 26.4. The first kappa shape index (κ1) is 57.6. The minimum atomic E-state index is -0.784. The normalized spacial score (nSPS) is 13.2. The fourth-order valence-electron chi connectivity index (χ4n) is 8.30. The minimum absolute atomic E-state index is 0.0731. The highest BCUT2D eigenvalue weighted by atomic mass is 16.5. The Balaban J connectivity index is 4.37. The molecule has 0 spiro atoms. The lowest BCUT2D eigenvalue weighted by Gasteiger charge is -2.24. The Kier molecular flexibility index (Phi) is 46.5. The van der Waals surface area contributed by atoms with Gasteiger partial charge in [0, 0.05) is 6.42 Å². The van der Waals surface area contributed by atoms with Crippen LogP contribution in [-0.2, 0) is 14.3 Å². The topological polar surface area (TPSA) is 95.9 Å². The van der Waals surface area contributed by atoms with Crippen molar-refractivity contribution in [1.82, 2.24) is 5.32 Å². The molecule has 0 aromatic heterocycles. The van der Waals surface area contributed by atoms with E-state index in [4.69, 9.17) is 4.74 Å². The summed E-state index contributed by atoms with van der Waals surface area (Å²) in [5, 5.41) is 23.7. The number of hydrogen-bond donors (Lipinski definition) is 3. The Morgan fingerprint density at radius 3 is 1.25 bits per heavy atom. The average molecular weight is 834 g/mol. The van der Waals surface area contributed by atoms with Crippen molar-refractivity contribution in [2.45, 2.75) is 309 Å². The summed E-state index contributed by atoms with van der Waals surface area (Å²) in [4.78, 5) is 26.1. The van der Waals surface area contributed by atoms with Gasteiger partial charge in [0.15, 0.2) is 0 Å². The molecule has 6 heteroatoms. The van der Waals surface area contributed by atoms with E-state index >= 15 is 0 Å². The molecule has 6 nitrogen and oxygen atoms in total. The molecule has 0 aromatic carbocycles. The fraction of sp³-hybridized carbons (Fsp3) is 0.925. The number of aliphatic hydroxyl groups is 2. The van der Waals surface area contributed by atoms with Crippen molar-refractivity contribution in [2.75, 3.05) is 6.61 Å². The molecule has 0 saturated heterocycles. The van der Waals surface area contributed by atoms with Gasteiger partial charge in [0.2, 0.25) is 5.91 Å². The maximum absolute atomic E-state index is 13.2. The number of allylic oxidation sites excluding steroid dienone is 2. The van der Waals surface area contributed by atoms with Crippen molar-refractivity contribution in [2.24, 2.45) is 0 Å². The summed E-state index contributed by atoms with van der Waals surface area (Å²) >= 11 is 0. The van der Waals surface area contributed by atoms with E-state index in [2.05, 4.69) is 38.2 Å². The third kappa shape index (κ3) is 43.1. The van der Waals surface area contributed by atoms with Crippen molar-refractivity contribution in [3.63, 3.8) is 0 Å². The van der Waals surface area contributed by atoms with E-state index in [-0.39, 0.29) is 24.9 Å². The molecular formula is C53H103NO5. The van der Waals surface area contributed by atoms with E-state index in [1.807, 2.05) is 0 Å². The zero-order chi connectivity index (χ0) is 43.1. The predicted octanol–water partition coefficient (Wildman–Crippen LogP) is 15.7. The molecule has 0 heterocycles. The van der Waals surface area contributed by atoms with Crippen LogP contribution in [0, 0.1) is 0 Å². The van der Waals surface area contributed by atoms with Crippen molar-refractivity contribution >= 4 is 11.9 Å². The van der Waals surface area contributed by atoms with Crippen LogP contribution < -0.4 is 5.32 Å². The van der Waals surface area contributed by atoms with Crippen LogP contribution in [0.1, 0.15) is 290 Å². The lowest BCUT2D eigenvalue weighted by atomic mass is 10.0. The largest absolute Gasteiger partial charge is 0.462 e. The fourth-order valence-corrected chi connectivity index (χ4v) is 8.30. The summed E-state index contributed by atoms with van der Waals surface area (Å²) in [5.74, 6) is -0.475. The van der Waals surface area contributed by atoms with Crippen molar-refractivity contribution in [3.8, 4) is 0 Å². The highest BCUT2D eigenvalue weighted by Gasteiger charge is 2.24. The van der Waals surface area contributed by atoms with Gasteiger partial charge in [-0.2, -0.15) is 0 Å². The van der Waals surface area contributed by atoms with Crippen LogP contribution in [0.5, 0.6) is 0 Å². The van der Waals surface area contributed by atoms with Gasteiger partial charge in [-0.15, -0.1) is 0 Å². The summed E-state index contributed by atoms with van der Waals surface area (Å²) < 4.78 is 5.92. The number of rotatable bonds is 48. The first-order valence-corrected chi connectivity index (χ1v) is 26.4. The molecule has 0 radical (unpaired) electrons. The van der Waals surface area contributed by atoms with Crippen LogP contribution >= 0.6 is 0 Å². The molecule has 1 amide bonds. The number of carbonyl (C=O) groups excluding carboxylic acids is 2. The van der Waals surface area contributed by atoms with E-state index in [1.165, 1.54) is 180 Å². The number of nitrogens with one attached hydrogen (secondary N) is 1. The number of carbonyl (C=O) groups is 2. The van der Waals surface area contributed by atoms with Gasteiger partial charge in [-0.05, 0) is 44.9 Å². The lowest BCUT2D eigenvalue weighted by molar-refractivity contribution is -0.151. The van der Waals surface area contributed by atoms with E-state index in [1.54, 1.807) is 0 Å². The zero-order valence-electron chi connectivity index (χ0n) is 39.9. The molecule has 3 unspecified atom stereocenters. The van der Waals surface area contributed by atoms with Crippen LogP contribution in [0.15, 0.2) is 12.2 Å². The summed E-state index contributed by atoms with van der Waals surface area (Å²) in [6.07, 6.45) is 52.9. The Morgan fingerprint density at radius 1 is 0.475 bits per heavy atom. The molecule has 0 aliphatic rings. The maximum atomic E-state index is 13.2. The highest BCUT2D eigenvalue weighted by Crippen LogP contribution is 2.18. The number of esters is 1. The first-order chi connectivity index (χ1) is 29.0. The van der Waals surface area contributed by atoms with Gasteiger partial charge < -0.3 is 20.3 Å². The van der Waals surface area contributed by atoms with E-state index in [0.717, 1.165) is 64.2 Å². The zero-order valence-corrected chi connectivity index (χ0v) is 39.9. The second-order valence-electron chi connectivity index (χ2n) is 18.3. The number of amides is 1. The summed E-state index contributed by atoms with van der Waals surface area (Å²) in [5.41, 5.74) is 0. The van der Waals surface area contributed by atoms with Gasteiger partial charge >= 0.3 is 5.97 Å². The van der Waals surface area contributed by atoms with Gasteiger partial charge in [-0.3, -0.25) is 9.59 Å². The maximum Gasteiger partial charge on any atom is 0.306 e. The molecule has 3 N–H and O–H groups in total.